The Bertz CT molecular complexity index is 294. The summed E-state index contributed by atoms with van der Waals surface area (Å²) in [5, 5.41) is 3.36. The smallest absolute Gasteiger partial charge is 0.0320 e. The first kappa shape index (κ1) is 12.2. The molecule has 15 heavy (non-hydrogen) atoms. The molecule has 84 valence electrons. The first-order valence-electron chi connectivity index (χ1n) is 5.63. The summed E-state index contributed by atoms with van der Waals surface area (Å²) in [4.78, 5) is 0. The minimum Gasteiger partial charge on any atom is -0.326 e. The highest BCUT2D eigenvalue weighted by Crippen LogP contribution is 2.21. The van der Waals surface area contributed by atoms with Crippen LogP contribution in [0.15, 0.2) is 24.3 Å². The molecule has 1 unspecified atom stereocenters. The molecule has 0 aliphatic carbocycles. The van der Waals surface area contributed by atoms with Crippen molar-refractivity contribution >= 4 is 0 Å². The third-order valence-electron chi connectivity index (χ3n) is 2.64. The molecule has 0 aliphatic rings. The second-order valence-corrected chi connectivity index (χ2v) is 4.42. The molecule has 0 radical (unpaired) electrons. The fraction of sp³-hybridized carbons (Fsp3) is 0.538. The Morgan fingerprint density at radius 3 is 2.60 bits per heavy atom. The number of hydrogen-bond acceptors (Lipinski definition) is 2. The molecule has 1 aromatic rings. The quantitative estimate of drug-likeness (QED) is 0.776. The summed E-state index contributed by atoms with van der Waals surface area (Å²) in [6, 6.07) is 8.97. The van der Waals surface area contributed by atoms with Crippen LogP contribution in [0.4, 0.5) is 0 Å². The molecule has 0 saturated carbocycles. The Morgan fingerprint density at radius 2 is 2.07 bits per heavy atom. The van der Waals surface area contributed by atoms with E-state index in [-0.39, 0.29) is 0 Å². The molecule has 0 aromatic heterocycles. The highest BCUT2D eigenvalue weighted by atomic mass is 14.9. The lowest BCUT2D eigenvalue weighted by Gasteiger charge is -2.19. The molecule has 0 bridgehead atoms. The molecule has 0 amide bonds. The van der Waals surface area contributed by atoms with E-state index in [1.54, 1.807) is 0 Å². The first-order valence-corrected chi connectivity index (χ1v) is 5.63. The average Bonchev–Trinajstić information content (AvgIpc) is 2.25. The van der Waals surface area contributed by atoms with Crippen molar-refractivity contribution in [2.75, 3.05) is 7.05 Å². The van der Waals surface area contributed by atoms with Gasteiger partial charge in [0.1, 0.15) is 0 Å². The van der Waals surface area contributed by atoms with Gasteiger partial charge in [-0.15, -0.1) is 0 Å². The molecular weight excluding hydrogens is 184 g/mol. The maximum atomic E-state index is 5.64. The van der Waals surface area contributed by atoms with Crippen LogP contribution < -0.4 is 11.1 Å². The number of rotatable bonds is 5. The highest BCUT2D eigenvalue weighted by Gasteiger charge is 2.10. The average molecular weight is 206 g/mol. The Labute approximate surface area is 92.9 Å². The van der Waals surface area contributed by atoms with Gasteiger partial charge in [0.25, 0.3) is 0 Å². The molecule has 2 nitrogen and oxygen atoms in total. The lowest BCUT2D eigenvalue weighted by atomic mass is 9.96. The number of nitrogens with two attached hydrogens (primary N) is 1. The molecule has 2 heteroatoms. The van der Waals surface area contributed by atoms with Gasteiger partial charge in [0.2, 0.25) is 0 Å². The van der Waals surface area contributed by atoms with E-state index in [4.69, 9.17) is 5.73 Å². The maximum Gasteiger partial charge on any atom is 0.0320 e. The van der Waals surface area contributed by atoms with Gasteiger partial charge >= 0.3 is 0 Å². The van der Waals surface area contributed by atoms with E-state index in [0.717, 1.165) is 6.42 Å². The van der Waals surface area contributed by atoms with Gasteiger partial charge in [0.05, 0.1) is 0 Å². The first-order chi connectivity index (χ1) is 7.17. The third kappa shape index (κ3) is 3.65. The van der Waals surface area contributed by atoms with Crippen molar-refractivity contribution < 1.29 is 0 Å². The summed E-state index contributed by atoms with van der Waals surface area (Å²) in [7, 11) is 2.02. The Kier molecular flexibility index (Phi) is 4.79. The van der Waals surface area contributed by atoms with E-state index in [9.17, 15) is 0 Å². The Hall–Kier alpha value is -0.860. The van der Waals surface area contributed by atoms with Gasteiger partial charge in [-0.3, -0.25) is 0 Å². The van der Waals surface area contributed by atoms with Crippen LogP contribution in [0, 0.1) is 5.92 Å². The normalized spacial score (nSPS) is 13.1. The zero-order valence-electron chi connectivity index (χ0n) is 9.96. The fourth-order valence-corrected chi connectivity index (χ4v) is 1.83. The Balaban J connectivity index is 2.81. The highest BCUT2D eigenvalue weighted by molar-refractivity contribution is 5.26. The van der Waals surface area contributed by atoms with Crippen LogP contribution in [0.25, 0.3) is 0 Å². The summed E-state index contributed by atoms with van der Waals surface area (Å²) < 4.78 is 0. The molecule has 1 aromatic carbocycles. The van der Waals surface area contributed by atoms with Gasteiger partial charge in [-0.2, -0.15) is 0 Å². The fourth-order valence-electron chi connectivity index (χ4n) is 1.83. The number of nitrogens with one attached hydrogen (secondary N) is 1. The molecule has 1 atom stereocenters. The lowest BCUT2D eigenvalue weighted by molar-refractivity contribution is 0.456. The van der Waals surface area contributed by atoms with Gasteiger partial charge in [-0.25, -0.2) is 0 Å². The van der Waals surface area contributed by atoms with E-state index in [1.807, 2.05) is 7.05 Å². The molecular formula is C13H22N2. The topological polar surface area (TPSA) is 38.0 Å². The van der Waals surface area contributed by atoms with E-state index in [0.29, 0.717) is 18.5 Å². The van der Waals surface area contributed by atoms with Crippen molar-refractivity contribution in [2.45, 2.75) is 32.9 Å². The van der Waals surface area contributed by atoms with Crippen LogP contribution in [0.2, 0.25) is 0 Å². The predicted octanol–water partition coefficient (Wildman–Crippen LogP) is 2.45. The van der Waals surface area contributed by atoms with E-state index in [1.165, 1.54) is 11.1 Å². The number of hydrogen-bond donors (Lipinski definition) is 2. The summed E-state index contributed by atoms with van der Waals surface area (Å²) in [5.74, 6) is 0.698. The SMILES string of the molecule is CNC(CC(C)C)c1cccc(CN)c1. The maximum absolute atomic E-state index is 5.64. The van der Waals surface area contributed by atoms with Crippen molar-refractivity contribution in [3.8, 4) is 0 Å². The second kappa shape index (κ2) is 5.89. The zero-order valence-corrected chi connectivity index (χ0v) is 9.96. The molecule has 1 rings (SSSR count). The summed E-state index contributed by atoms with van der Waals surface area (Å²) in [6.07, 6.45) is 1.16. The van der Waals surface area contributed by atoms with Gasteiger partial charge in [-0.05, 0) is 30.5 Å². The monoisotopic (exact) mass is 206 g/mol. The van der Waals surface area contributed by atoms with E-state index >= 15 is 0 Å². The summed E-state index contributed by atoms with van der Waals surface area (Å²) in [6.45, 7) is 5.11. The Morgan fingerprint density at radius 1 is 1.33 bits per heavy atom. The molecule has 0 fully saturated rings. The molecule has 0 heterocycles. The lowest BCUT2D eigenvalue weighted by Crippen LogP contribution is -2.18. The van der Waals surface area contributed by atoms with Crippen molar-refractivity contribution in [1.82, 2.24) is 5.32 Å². The van der Waals surface area contributed by atoms with E-state index in [2.05, 4.69) is 43.4 Å². The molecule has 0 aliphatic heterocycles. The van der Waals surface area contributed by atoms with Crippen molar-refractivity contribution in [3.05, 3.63) is 35.4 Å². The molecule has 3 N–H and O–H groups in total. The van der Waals surface area contributed by atoms with Crippen molar-refractivity contribution in [1.29, 1.82) is 0 Å². The predicted molar refractivity (Wildman–Crippen MR) is 65.6 cm³/mol. The van der Waals surface area contributed by atoms with Crippen LogP contribution in [-0.4, -0.2) is 7.05 Å². The van der Waals surface area contributed by atoms with Crippen LogP contribution >= 0.6 is 0 Å². The minimum absolute atomic E-state index is 0.441. The standard InChI is InChI=1S/C13H22N2/c1-10(2)7-13(15-3)12-6-4-5-11(8-12)9-14/h4-6,8,10,13,15H,7,9,14H2,1-3H3. The van der Waals surface area contributed by atoms with E-state index < -0.39 is 0 Å². The van der Waals surface area contributed by atoms with Gasteiger partial charge in [-0.1, -0.05) is 38.1 Å². The van der Waals surface area contributed by atoms with Gasteiger partial charge < -0.3 is 11.1 Å². The minimum atomic E-state index is 0.441. The van der Waals surface area contributed by atoms with Crippen molar-refractivity contribution in [3.63, 3.8) is 0 Å². The largest absolute Gasteiger partial charge is 0.326 e. The molecule has 0 spiro atoms. The van der Waals surface area contributed by atoms with Gasteiger partial charge in [0.15, 0.2) is 0 Å². The summed E-state index contributed by atoms with van der Waals surface area (Å²) >= 11 is 0. The second-order valence-electron chi connectivity index (χ2n) is 4.42. The van der Waals surface area contributed by atoms with Gasteiger partial charge in [0, 0.05) is 12.6 Å². The zero-order chi connectivity index (χ0) is 11.3. The van der Waals surface area contributed by atoms with Crippen LogP contribution in [0.3, 0.4) is 0 Å². The molecule has 0 saturated heterocycles. The van der Waals surface area contributed by atoms with Crippen LogP contribution in [0.1, 0.15) is 37.4 Å². The summed E-state index contributed by atoms with van der Waals surface area (Å²) in [5.41, 5.74) is 8.19. The van der Waals surface area contributed by atoms with Crippen LogP contribution in [0.5, 0.6) is 0 Å². The van der Waals surface area contributed by atoms with Crippen molar-refractivity contribution in [2.24, 2.45) is 11.7 Å². The number of benzene rings is 1. The third-order valence-corrected chi connectivity index (χ3v) is 2.64. The van der Waals surface area contributed by atoms with Crippen LogP contribution in [-0.2, 0) is 6.54 Å².